The minimum Gasteiger partial charge on any atom is -0.368 e. The molecule has 32 heavy (non-hydrogen) atoms. The van der Waals surface area contributed by atoms with E-state index in [-0.39, 0.29) is 5.78 Å². The zero-order chi connectivity index (χ0) is 22.0. The monoisotopic (exact) mass is 432 g/mol. The van der Waals surface area contributed by atoms with Crippen LogP contribution in [0.2, 0.25) is 0 Å². The molecule has 1 aromatic heterocycles. The fourth-order valence-corrected chi connectivity index (χ4v) is 6.24. The summed E-state index contributed by atoms with van der Waals surface area (Å²) >= 11 is 0. The Bertz CT molecular complexity index is 904. The number of hydrogen-bond donors (Lipinski definition) is 1. The minimum absolute atomic E-state index is 0.180. The molecule has 5 heteroatoms. The van der Waals surface area contributed by atoms with E-state index in [2.05, 4.69) is 20.4 Å². The van der Waals surface area contributed by atoms with E-state index < -0.39 is 0 Å². The fraction of sp³-hybridized carbons (Fsp3) is 0.593. The van der Waals surface area contributed by atoms with Crippen LogP contribution in [0.3, 0.4) is 0 Å². The number of Topliss-reactive ketones (excluding diaryl/α,β-unsaturated/α-hetero) is 1. The quantitative estimate of drug-likeness (QED) is 0.638. The van der Waals surface area contributed by atoms with Crippen LogP contribution in [0.1, 0.15) is 57.4 Å². The minimum atomic E-state index is 0.180. The Balaban J connectivity index is 1.03. The van der Waals surface area contributed by atoms with E-state index in [1.54, 1.807) is 6.92 Å². The van der Waals surface area contributed by atoms with Crippen LogP contribution in [-0.2, 0) is 11.2 Å². The van der Waals surface area contributed by atoms with Crippen molar-refractivity contribution in [1.82, 2.24) is 15.1 Å². The van der Waals surface area contributed by atoms with E-state index in [0.717, 1.165) is 41.0 Å². The summed E-state index contributed by atoms with van der Waals surface area (Å²) in [5.74, 6) is 2.77. The largest absolute Gasteiger partial charge is 0.368 e. The van der Waals surface area contributed by atoms with Gasteiger partial charge >= 0.3 is 0 Å². The molecule has 0 amide bonds. The van der Waals surface area contributed by atoms with E-state index in [1.807, 2.05) is 36.4 Å². The molecule has 1 saturated heterocycles. The van der Waals surface area contributed by atoms with Crippen molar-refractivity contribution in [3.8, 4) is 11.3 Å². The van der Waals surface area contributed by atoms with Crippen LogP contribution in [0.4, 0.5) is 5.82 Å². The lowest BCUT2D eigenvalue weighted by Crippen LogP contribution is -2.63. The maximum atomic E-state index is 11.3. The van der Waals surface area contributed by atoms with Gasteiger partial charge in [-0.05, 0) is 67.6 Å². The lowest BCUT2D eigenvalue weighted by atomic mass is 9.57. The molecule has 170 valence electrons. The van der Waals surface area contributed by atoms with Crippen molar-refractivity contribution < 1.29 is 4.79 Å². The summed E-state index contributed by atoms with van der Waals surface area (Å²) < 4.78 is 0. The van der Waals surface area contributed by atoms with Gasteiger partial charge in [-0.2, -0.15) is 0 Å². The van der Waals surface area contributed by atoms with Crippen LogP contribution in [-0.4, -0.2) is 47.1 Å². The van der Waals surface area contributed by atoms with Gasteiger partial charge in [-0.1, -0.05) is 43.5 Å². The number of carbonyl (C=O) groups excluding carboxylic acids is 1. The summed E-state index contributed by atoms with van der Waals surface area (Å²) in [4.78, 5) is 14.0. The molecule has 3 fully saturated rings. The highest BCUT2D eigenvalue weighted by molar-refractivity contribution is 5.78. The Morgan fingerprint density at radius 1 is 1.00 bits per heavy atom. The van der Waals surface area contributed by atoms with Crippen molar-refractivity contribution in [3.05, 3.63) is 42.0 Å². The first kappa shape index (κ1) is 21.6. The van der Waals surface area contributed by atoms with Crippen LogP contribution in [0.15, 0.2) is 36.4 Å². The van der Waals surface area contributed by atoms with Gasteiger partial charge in [0.15, 0.2) is 0 Å². The van der Waals surface area contributed by atoms with E-state index in [9.17, 15) is 4.79 Å². The summed E-state index contributed by atoms with van der Waals surface area (Å²) in [5, 5.41) is 12.3. The fourth-order valence-electron chi connectivity index (χ4n) is 6.24. The van der Waals surface area contributed by atoms with E-state index in [4.69, 9.17) is 0 Å². The van der Waals surface area contributed by atoms with Crippen LogP contribution >= 0.6 is 0 Å². The van der Waals surface area contributed by atoms with Gasteiger partial charge in [-0.15, -0.1) is 10.2 Å². The van der Waals surface area contributed by atoms with Gasteiger partial charge in [-0.3, -0.25) is 4.79 Å². The maximum absolute atomic E-state index is 11.3. The Labute approximate surface area is 192 Å². The zero-order valence-corrected chi connectivity index (χ0v) is 19.4. The van der Waals surface area contributed by atoms with E-state index in [1.165, 1.54) is 64.6 Å². The molecule has 2 aromatic rings. The van der Waals surface area contributed by atoms with Gasteiger partial charge in [0.1, 0.15) is 11.6 Å². The highest BCUT2D eigenvalue weighted by atomic mass is 16.1. The molecule has 1 aliphatic heterocycles. The van der Waals surface area contributed by atoms with Crippen molar-refractivity contribution >= 4 is 11.6 Å². The molecule has 0 atom stereocenters. The number of ketones is 1. The first-order valence-corrected chi connectivity index (χ1v) is 12.5. The molecule has 0 radical (unpaired) electrons. The second kappa shape index (κ2) is 9.30. The predicted octanol–water partition coefficient (Wildman–Crippen LogP) is 4.98. The number of nitrogens with zero attached hydrogens (tertiary/aromatic N) is 3. The normalized spacial score (nSPS) is 21.2. The van der Waals surface area contributed by atoms with Gasteiger partial charge < -0.3 is 10.2 Å². The average Bonchev–Trinajstić information content (AvgIpc) is 2.75. The van der Waals surface area contributed by atoms with Crippen molar-refractivity contribution in [2.24, 2.45) is 17.3 Å². The SMILES string of the molecule is CC(=O)Cc1ccc(-c2ccc(NCC3CC4(C3)CN(CC3CCCCC3)C4)nn2)cc1. The molecular weight excluding hydrogens is 396 g/mol. The number of likely N-dealkylation sites (tertiary alicyclic amines) is 1. The van der Waals surface area contributed by atoms with E-state index in [0.29, 0.717) is 11.8 Å². The standard InChI is InChI=1S/C27H36N4O/c1-20(32)13-21-7-9-24(10-8-21)25-11-12-26(30-29-25)28-16-23-14-27(15-23)18-31(19-27)17-22-5-3-2-4-6-22/h7-12,22-23H,2-6,13-19H2,1H3,(H,28,30). The van der Waals surface area contributed by atoms with Gasteiger partial charge in [-0.25, -0.2) is 0 Å². The van der Waals surface area contributed by atoms with Crippen LogP contribution in [0, 0.1) is 17.3 Å². The van der Waals surface area contributed by atoms with Crippen LogP contribution < -0.4 is 5.32 Å². The van der Waals surface area contributed by atoms with Crippen LogP contribution in [0.25, 0.3) is 11.3 Å². The zero-order valence-electron chi connectivity index (χ0n) is 19.4. The molecular formula is C27H36N4O. The molecule has 2 aliphatic carbocycles. The summed E-state index contributed by atoms with van der Waals surface area (Å²) in [6.07, 6.45) is 10.5. The number of nitrogens with one attached hydrogen (secondary N) is 1. The number of rotatable bonds is 8. The van der Waals surface area contributed by atoms with Crippen molar-refractivity contribution in [2.45, 2.75) is 58.3 Å². The summed E-state index contributed by atoms with van der Waals surface area (Å²) in [6, 6.07) is 12.1. The van der Waals surface area contributed by atoms with E-state index >= 15 is 0 Å². The average molecular weight is 433 g/mol. The molecule has 5 rings (SSSR count). The van der Waals surface area contributed by atoms with Gasteiger partial charge in [0.05, 0.1) is 5.69 Å². The first-order chi connectivity index (χ1) is 15.6. The molecule has 2 saturated carbocycles. The number of benzene rings is 1. The Morgan fingerprint density at radius 3 is 2.41 bits per heavy atom. The van der Waals surface area contributed by atoms with Gasteiger partial charge in [0.2, 0.25) is 0 Å². The maximum Gasteiger partial charge on any atom is 0.148 e. The topological polar surface area (TPSA) is 58.1 Å². The van der Waals surface area contributed by atoms with Crippen molar-refractivity contribution in [2.75, 3.05) is 31.5 Å². The highest BCUT2D eigenvalue weighted by Crippen LogP contribution is 2.52. The second-order valence-electron chi connectivity index (χ2n) is 10.7. The smallest absolute Gasteiger partial charge is 0.148 e. The predicted molar refractivity (Wildman–Crippen MR) is 129 cm³/mol. The molecule has 0 unspecified atom stereocenters. The molecule has 1 N–H and O–H groups in total. The number of hydrogen-bond acceptors (Lipinski definition) is 5. The molecule has 5 nitrogen and oxygen atoms in total. The molecule has 1 aromatic carbocycles. The summed E-state index contributed by atoms with van der Waals surface area (Å²) in [7, 11) is 0. The third-order valence-electron chi connectivity index (χ3n) is 7.74. The number of anilines is 1. The first-order valence-electron chi connectivity index (χ1n) is 12.5. The Kier molecular flexibility index (Phi) is 6.27. The second-order valence-corrected chi connectivity index (χ2v) is 10.7. The third kappa shape index (κ3) is 5.03. The lowest BCUT2D eigenvalue weighted by molar-refractivity contribution is -0.116. The number of aromatic nitrogens is 2. The summed E-state index contributed by atoms with van der Waals surface area (Å²) in [5.41, 5.74) is 3.56. The third-order valence-corrected chi connectivity index (χ3v) is 7.74. The highest BCUT2D eigenvalue weighted by Gasteiger charge is 2.51. The summed E-state index contributed by atoms with van der Waals surface area (Å²) in [6.45, 7) is 6.64. The van der Waals surface area contributed by atoms with Crippen molar-refractivity contribution in [3.63, 3.8) is 0 Å². The van der Waals surface area contributed by atoms with Gasteiger partial charge in [0.25, 0.3) is 0 Å². The molecule has 3 aliphatic rings. The Morgan fingerprint density at radius 2 is 1.75 bits per heavy atom. The lowest BCUT2D eigenvalue weighted by Gasteiger charge is -2.60. The Hall–Kier alpha value is -2.27. The number of carbonyl (C=O) groups is 1. The molecule has 0 bridgehead atoms. The van der Waals surface area contributed by atoms with Gasteiger partial charge in [0, 0.05) is 38.2 Å². The van der Waals surface area contributed by atoms with Crippen molar-refractivity contribution in [1.29, 1.82) is 0 Å². The molecule has 1 spiro atoms. The van der Waals surface area contributed by atoms with Crippen LogP contribution in [0.5, 0.6) is 0 Å². The molecule has 2 heterocycles.